The Labute approximate surface area is 114 Å². The molecule has 0 aliphatic carbocycles. The fourth-order valence-electron chi connectivity index (χ4n) is 1.46. The first-order valence-corrected chi connectivity index (χ1v) is 5.88. The van der Waals surface area contributed by atoms with E-state index in [2.05, 4.69) is 15.3 Å². The van der Waals surface area contributed by atoms with Crippen molar-refractivity contribution in [3.63, 3.8) is 0 Å². The van der Waals surface area contributed by atoms with Crippen molar-refractivity contribution in [3.05, 3.63) is 46.9 Å². The van der Waals surface area contributed by atoms with Crippen LogP contribution in [-0.2, 0) is 0 Å². The van der Waals surface area contributed by atoms with Crippen molar-refractivity contribution in [1.82, 2.24) is 9.97 Å². The second-order valence-electron chi connectivity index (χ2n) is 3.67. The first-order chi connectivity index (χ1) is 8.56. The number of anilines is 2. The minimum absolute atomic E-state index is 0.0480. The first kappa shape index (κ1) is 12.8. The molecule has 0 spiro atoms. The number of hydrogen-bond acceptors (Lipinski definition) is 4. The molecule has 0 amide bonds. The van der Waals surface area contributed by atoms with E-state index < -0.39 is 5.24 Å². The molecule has 0 bridgehead atoms. The summed E-state index contributed by atoms with van der Waals surface area (Å²) < 4.78 is 0. The van der Waals surface area contributed by atoms with Gasteiger partial charge < -0.3 is 5.32 Å². The highest BCUT2D eigenvalue weighted by molar-refractivity contribution is 6.68. The quantitative estimate of drug-likeness (QED) is 0.690. The highest BCUT2D eigenvalue weighted by atomic mass is 35.5. The Bertz CT molecular complexity index is 602. The maximum Gasteiger partial charge on any atom is 0.257 e. The SMILES string of the molecule is Cc1cccc(Nc2nc(Cl)ncc2C(=O)Cl)c1. The minimum atomic E-state index is -0.637. The number of benzene rings is 1. The van der Waals surface area contributed by atoms with E-state index in [0.717, 1.165) is 11.3 Å². The zero-order chi connectivity index (χ0) is 13.1. The summed E-state index contributed by atoms with van der Waals surface area (Å²) in [5.41, 5.74) is 2.06. The average Bonchev–Trinajstić information content (AvgIpc) is 2.28. The van der Waals surface area contributed by atoms with Gasteiger partial charge in [0.2, 0.25) is 5.28 Å². The van der Waals surface area contributed by atoms with Crippen LogP contribution in [0, 0.1) is 6.92 Å². The maximum atomic E-state index is 11.2. The van der Waals surface area contributed by atoms with E-state index in [4.69, 9.17) is 23.2 Å². The van der Waals surface area contributed by atoms with E-state index in [1.807, 2.05) is 31.2 Å². The molecule has 0 aliphatic heterocycles. The molecule has 0 unspecified atom stereocenters. The summed E-state index contributed by atoms with van der Waals surface area (Å²) in [5.74, 6) is 0.292. The maximum absolute atomic E-state index is 11.2. The molecule has 1 N–H and O–H groups in total. The van der Waals surface area contributed by atoms with Gasteiger partial charge >= 0.3 is 0 Å². The fourth-order valence-corrected chi connectivity index (χ4v) is 1.73. The van der Waals surface area contributed by atoms with Crippen LogP contribution < -0.4 is 5.32 Å². The lowest BCUT2D eigenvalue weighted by atomic mass is 10.2. The van der Waals surface area contributed by atoms with Crippen LogP contribution in [0.15, 0.2) is 30.5 Å². The number of nitrogens with one attached hydrogen (secondary N) is 1. The van der Waals surface area contributed by atoms with Crippen molar-refractivity contribution >= 4 is 39.9 Å². The Morgan fingerprint density at radius 3 is 2.83 bits per heavy atom. The molecule has 0 fully saturated rings. The van der Waals surface area contributed by atoms with Crippen molar-refractivity contribution in [2.24, 2.45) is 0 Å². The number of hydrogen-bond donors (Lipinski definition) is 1. The highest BCUT2D eigenvalue weighted by Crippen LogP contribution is 2.21. The molecule has 1 heterocycles. The van der Waals surface area contributed by atoms with Gasteiger partial charge in [-0.25, -0.2) is 4.98 Å². The third kappa shape index (κ3) is 2.97. The molecule has 0 saturated heterocycles. The first-order valence-electron chi connectivity index (χ1n) is 5.12. The molecular weight excluding hydrogens is 273 g/mol. The third-order valence-corrected chi connectivity index (χ3v) is 2.64. The summed E-state index contributed by atoms with van der Waals surface area (Å²) in [6.07, 6.45) is 1.29. The van der Waals surface area contributed by atoms with E-state index in [1.165, 1.54) is 6.20 Å². The lowest BCUT2D eigenvalue weighted by molar-refractivity contribution is 0.108. The van der Waals surface area contributed by atoms with E-state index in [0.29, 0.717) is 5.82 Å². The number of rotatable bonds is 3. The Kier molecular flexibility index (Phi) is 3.79. The third-order valence-electron chi connectivity index (χ3n) is 2.25. The fraction of sp³-hybridized carbons (Fsp3) is 0.0833. The molecule has 18 heavy (non-hydrogen) atoms. The summed E-state index contributed by atoms with van der Waals surface area (Å²) >= 11 is 11.2. The van der Waals surface area contributed by atoms with Gasteiger partial charge in [-0.2, -0.15) is 4.98 Å². The number of carbonyl (C=O) groups excluding carboxylic acids is 1. The minimum Gasteiger partial charge on any atom is -0.339 e. The van der Waals surface area contributed by atoms with Crippen LogP contribution in [0.2, 0.25) is 5.28 Å². The second kappa shape index (κ2) is 5.33. The number of aryl methyl sites for hydroxylation is 1. The van der Waals surface area contributed by atoms with E-state index in [9.17, 15) is 4.79 Å². The molecule has 0 aliphatic rings. The molecule has 0 radical (unpaired) electrons. The van der Waals surface area contributed by atoms with Crippen LogP contribution in [0.3, 0.4) is 0 Å². The van der Waals surface area contributed by atoms with Crippen molar-refractivity contribution in [3.8, 4) is 0 Å². The lowest BCUT2D eigenvalue weighted by Crippen LogP contribution is -2.03. The number of carbonyl (C=O) groups is 1. The molecular formula is C12H9Cl2N3O. The zero-order valence-electron chi connectivity index (χ0n) is 9.45. The molecule has 2 aromatic rings. The lowest BCUT2D eigenvalue weighted by Gasteiger charge is -2.08. The molecule has 4 nitrogen and oxygen atoms in total. The van der Waals surface area contributed by atoms with Gasteiger partial charge in [-0.15, -0.1) is 0 Å². The summed E-state index contributed by atoms with van der Waals surface area (Å²) in [5, 5.41) is 2.41. The molecule has 0 saturated carbocycles. The second-order valence-corrected chi connectivity index (χ2v) is 4.35. The van der Waals surface area contributed by atoms with Crippen LogP contribution in [-0.4, -0.2) is 15.2 Å². The van der Waals surface area contributed by atoms with Gasteiger partial charge in [-0.05, 0) is 47.8 Å². The Balaban J connectivity index is 2.39. The Morgan fingerprint density at radius 1 is 1.39 bits per heavy atom. The Hall–Kier alpha value is -1.65. The van der Waals surface area contributed by atoms with Crippen LogP contribution in [0.25, 0.3) is 0 Å². The summed E-state index contributed by atoms with van der Waals surface area (Å²) in [7, 11) is 0. The molecule has 1 aromatic heterocycles. The van der Waals surface area contributed by atoms with Gasteiger partial charge in [-0.3, -0.25) is 4.79 Å². The number of nitrogens with zero attached hydrogens (tertiary/aromatic N) is 2. The summed E-state index contributed by atoms with van der Waals surface area (Å²) in [6, 6.07) is 7.62. The summed E-state index contributed by atoms with van der Waals surface area (Å²) in [6.45, 7) is 1.96. The number of aromatic nitrogens is 2. The predicted octanol–water partition coefficient (Wildman–Crippen LogP) is 3.56. The Morgan fingerprint density at radius 2 is 2.17 bits per heavy atom. The standard InChI is InChI=1S/C12H9Cl2N3O/c1-7-3-2-4-8(5-7)16-11-9(10(13)18)6-15-12(14)17-11/h2-6H,1H3,(H,15,16,17). The molecule has 2 rings (SSSR count). The zero-order valence-corrected chi connectivity index (χ0v) is 11.0. The smallest absolute Gasteiger partial charge is 0.257 e. The molecule has 6 heteroatoms. The summed E-state index contributed by atoms with van der Waals surface area (Å²) in [4.78, 5) is 18.9. The highest BCUT2D eigenvalue weighted by Gasteiger charge is 2.12. The van der Waals surface area contributed by atoms with Crippen LogP contribution in [0.1, 0.15) is 15.9 Å². The van der Waals surface area contributed by atoms with Crippen LogP contribution in [0.5, 0.6) is 0 Å². The van der Waals surface area contributed by atoms with Crippen molar-refractivity contribution in [2.45, 2.75) is 6.92 Å². The van der Waals surface area contributed by atoms with Crippen LogP contribution in [0.4, 0.5) is 11.5 Å². The van der Waals surface area contributed by atoms with E-state index in [-0.39, 0.29) is 10.8 Å². The molecule has 1 aromatic carbocycles. The molecule has 0 atom stereocenters. The monoisotopic (exact) mass is 281 g/mol. The van der Waals surface area contributed by atoms with Gasteiger partial charge in [0.05, 0.1) is 5.56 Å². The predicted molar refractivity (Wildman–Crippen MR) is 71.7 cm³/mol. The van der Waals surface area contributed by atoms with Gasteiger partial charge in [-0.1, -0.05) is 12.1 Å². The van der Waals surface area contributed by atoms with E-state index >= 15 is 0 Å². The normalized spacial score (nSPS) is 10.2. The van der Waals surface area contributed by atoms with Gasteiger partial charge in [0.25, 0.3) is 5.24 Å². The van der Waals surface area contributed by atoms with Crippen LogP contribution >= 0.6 is 23.2 Å². The topological polar surface area (TPSA) is 54.9 Å². The molecule has 92 valence electrons. The van der Waals surface area contributed by atoms with Gasteiger partial charge in [0.1, 0.15) is 5.82 Å². The largest absolute Gasteiger partial charge is 0.339 e. The van der Waals surface area contributed by atoms with E-state index in [1.54, 1.807) is 0 Å². The van der Waals surface area contributed by atoms with Crippen molar-refractivity contribution in [2.75, 3.05) is 5.32 Å². The van der Waals surface area contributed by atoms with Crippen molar-refractivity contribution in [1.29, 1.82) is 0 Å². The van der Waals surface area contributed by atoms with Crippen molar-refractivity contribution < 1.29 is 4.79 Å². The average molecular weight is 282 g/mol. The number of halogens is 2. The van der Waals surface area contributed by atoms with Gasteiger partial charge in [0.15, 0.2) is 0 Å². The van der Waals surface area contributed by atoms with Gasteiger partial charge in [0, 0.05) is 11.9 Å².